The first-order valence-corrected chi connectivity index (χ1v) is 7.01. The normalized spacial score (nSPS) is 26.1. The minimum atomic E-state index is -0.820. The average Bonchev–Trinajstić information content (AvgIpc) is 2.28. The van der Waals surface area contributed by atoms with Crippen molar-refractivity contribution in [2.75, 3.05) is 19.7 Å². The molecule has 0 saturated carbocycles. The highest BCUT2D eigenvalue weighted by Crippen LogP contribution is 2.26. The minimum absolute atomic E-state index is 0.0503. The lowest BCUT2D eigenvalue weighted by molar-refractivity contribution is -0.153. The SMILES string of the molecule is CCCCOC(=O)C1(N)CCCN(C(C)(C)C)C1. The van der Waals surface area contributed by atoms with E-state index in [1.807, 2.05) is 0 Å². The fourth-order valence-electron chi connectivity index (χ4n) is 2.28. The third kappa shape index (κ3) is 3.95. The lowest BCUT2D eigenvalue weighted by atomic mass is 9.87. The first kappa shape index (κ1) is 15.4. The van der Waals surface area contributed by atoms with Crippen molar-refractivity contribution in [3.63, 3.8) is 0 Å². The second kappa shape index (κ2) is 6.02. The van der Waals surface area contributed by atoms with Crippen LogP contribution in [0.4, 0.5) is 0 Å². The summed E-state index contributed by atoms with van der Waals surface area (Å²) < 4.78 is 5.30. The molecule has 4 heteroatoms. The molecular formula is C14H28N2O2. The van der Waals surface area contributed by atoms with E-state index in [0.29, 0.717) is 13.2 Å². The molecule has 0 amide bonds. The number of esters is 1. The maximum absolute atomic E-state index is 12.1. The second-order valence-electron chi connectivity index (χ2n) is 6.34. The monoisotopic (exact) mass is 256 g/mol. The van der Waals surface area contributed by atoms with Gasteiger partial charge in [-0.25, -0.2) is 0 Å². The molecule has 106 valence electrons. The number of hydrogen-bond acceptors (Lipinski definition) is 4. The van der Waals surface area contributed by atoms with E-state index in [1.54, 1.807) is 0 Å². The fraction of sp³-hybridized carbons (Fsp3) is 0.929. The van der Waals surface area contributed by atoms with Crippen molar-refractivity contribution >= 4 is 5.97 Å². The molecule has 1 unspecified atom stereocenters. The maximum Gasteiger partial charge on any atom is 0.327 e. The number of nitrogens with two attached hydrogens (primary N) is 1. The molecule has 18 heavy (non-hydrogen) atoms. The summed E-state index contributed by atoms with van der Waals surface area (Å²) in [5.74, 6) is -0.232. The average molecular weight is 256 g/mol. The molecule has 4 nitrogen and oxygen atoms in total. The Balaban J connectivity index is 2.59. The van der Waals surface area contributed by atoms with Crippen LogP contribution in [0.3, 0.4) is 0 Å². The van der Waals surface area contributed by atoms with E-state index < -0.39 is 5.54 Å². The molecule has 1 aliphatic rings. The van der Waals surface area contributed by atoms with Gasteiger partial charge >= 0.3 is 5.97 Å². The first-order valence-electron chi connectivity index (χ1n) is 7.01. The number of carbonyl (C=O) groups is 1. The highest BCUT2D eigenvalue weighted by Gasteiger charge is 2.42. The lowest BCUT2D eigenvalue weighted by Crippen LogP contribution is -2.63. The fourth-order valence-corrected chi connectivity index (χ4v) is 2.28. The Morgan fingerprint density at radius 1 is 1.44 bits per heavy atom. The van der Waals surface area contributed by atoms with E-state index in [2.05, 4.69) is 32.6 Å². The molecule has 0 aromatic heterocycles. The molecule has 1 fully saturated rings. The van der Waals surface area contributed by atoms with Crippen LogP contribution in [-0.2, 0) is 9.53 Å². The van der Waals surface area contributed by atoms with E-state index in [4.69, 9.17) is 10.5 Å². The Labute approximate surface area is 111 Å². The number of nitrogens with zero attached hydrogens (tertiary/aromatic N) is 1. The van der Waals surface area contributed by atoms with E-state index in [9.17, 15) is 4.79 Å². The van der Waals surface area contributed by atoms with Gasteiger partial charge in [-0.05, 0) is 46.6 Å². The van der Waals surface area contributed by atoms with Gasteiger partial charge in [-0.3, -0.25) is 9.69 Å². The summed E-state index contributed by atoms with van der Waals surface area (Å²) in [4.78, 5) is 14.4. The molecule has 0 spiro atoms. The number of hydrogen-bond donors (Lipinski definition) is 1. The number of ether oxygens (including phenoxy) is 1. The first-order chi connectivity index (χ1) is 8.29. The summed E-state index contributed by atoms with van der Waals surface area (Å²) in [6, 6.07) is 0. The molecule has 1 rings (SSSR count). The maximum atomic E-state index is 12.1. The van der Waals surface area contributed by atoms with Crippen molar-refractivity contribution in [1.82, 2.24) is 4.90 Å². The van der Waals surface area contributed by atoms with Crippen LogP contribution in [-0.4, -0.2) is 41.6 Å². The van der Waals surface area contributed by atoms with Gasteiger partial charge in [0.2, 0.25) is 0 Å². The van der Waals surface area contributed by atoms with Crippen LogP contribution in [0, 0.1) is 0 Å². The molecule has 0 aliphatic carbocycles. The second-order valence-corrected chi connectivity index (χ2v) is 6.34. The smallest absolute Gasteiger partial charge is 0.327 e. The number of likely N-dealkylation sites (tertiary alicyclic amines) is 1. The van der Waals surface area contributed by atoms with Gasteiger partial charge in [0.25, 0.3) is 0 Å². The van der Waals surface area contributed by atoms with Gasteiger partial charge in [0.05, 0.1) is 6.61 Å². The van der Waals surface area contributed by atoms with E-state index in [-0.39, 0.29) is 11.5 Å². The zero-order valence-corrected chi connectivity index (χ0v) is 12.3. The van der Waals surface area contributed by atoms with Crippen molar-refractivity contribution in [1.29, 1.82) is 0 Å². The summed E-state index contributed by atoms with van der Waals surface area (Å²) in [6.45, 7) is 10.6. The molecule has 1 aliphatic heterocycles. The van der Waals surface area contributed by atoms with Crippen LogP contribution in [0.1, 0.15) is 53.4 Å². The van der Waals surface area contributed by atoms with Gasteiger partial charge in [0, 0.05) is 12.1 Å². The van der Waals surface area contributed by atoms with Gasteiger partial charge in [-0.15, -0.1) is 0 Å². The van der Waals surface area contributed by atoms with Crippen molar-refractivity contribution in [2.45, 2.75) is 64.5 Å². The Hall–Kier alpha value is -0.610. The molecule has 0 aromatic carbocycles. The Morgan fingerprint density at radius 3 is 2.67 bits per heavy atom. The lowest BCUT2D eigenvalue weighted by Gasteiger charge is -2.44. The quantitative estimate of drug-likeness (QED) is 0.617. The Morgan fingerprint density at radius 2 is 2.11 bits per heavy atom. The van der Waals surface area contributed by atoms with E-state index >= 15 is 0 Å². The summed E-state index contributed by atoms with van der Waals surface area (Å²) in [6.07, 6.45) is 3.62. The molecule has 2 N–H and O–H groups in total. The standard InChI is InChI=1S/C14H28N2O2/c1-5-6-10-18-12(17)14(15)8-7-9-16(11-14)13(2,3)4/h5-11,15H2,1-4H3. The minimum Gasteiger partial charge on any atom is -0.464 e. The predicted molar refractivity (Wildman–Crippen MR) is 73.3 cm³/mol. The molecule has 1 saturated heterocycles. The van der Waals surface area contributed by atoms with Crippen LogP contribution in [0.15, 0.2) is 0 Å². The summed E-state index contributed by atoms with van der Waals surface area (Å²) in [5, 5.41) is 0. The van der Waals surface area contributed by atoms with Crippen LogP contribution in [0.25, 0.3) is 0 Å². The highest BCUT2D eigenvalue weighted by molar-refractivity contribution is 5.81. The van der Waals surface area contributed by atoms with Crippen molar-refractivity contribution in [3.05, 3.63) is 0 Å². The van der Waals surface area contributed by atoms with Crippen molar-refractivity contribution in [3.8, 4) is 0 Å². The topological polar surface area (TPSA) is 55.6 Å². The van der Waals surface area contributed by atoms with Crippen molar-refractivity contribution in [2.24, 2.45) is 5.73 Å². The molecule has 0 aromatic rings. The molecule has 0 radical (unpaired) electrons. The highest BCUT2D eigenvalue weighted by atomic mass is 16.5. The van der Waals surface area contributed by atoms with E-state index in [1.165, 1.54) is 0 Å². The van der Waals surface area contributed by atoms with Crippen molar-refractivity contribution < 1.29 is 9.53 Å². The summed E-state index contributed by atoms with van der Waals surface area (Å²) in [7, 11) is 0. The molecule has 0 bridgehead atoms. The predicted octanol–water partition coefficient (Wildman–Crippen LogP) is 1.92. The molecule has 1 atom stereocenters. The van der Waals surface area contributed by atoms with Gasteiger partial charge in [0.15, 0.2) is 0 Å². The Bertz CT molecular complexity index is 286. The van der Waals surface area contributed by atoms with Gasteiger partial charge < -0.3 is 10.5 Å². The van der Waals surface area contributed by atoms with Crippen LogP contribution in [0.2, 0.25) is 0 Å². The van der Waals surface area contributed by atoms with Crippen LogP contribution < -0.4 is 5.73 Å². The Kier molecular flexibility index (Phi) is 5.17. The van der Waals surface area contributed by atoms with E-state index in [0.717, 1.165) is 32.2 Å². The summed E-state index contributed by atoms with van der Waals surface area (Å²) in [5.41, 5.74) is 5.49. The summed E-state index contributed by atoms with van der Waals surface area (Å²) >= 11 is 0. The van der Waals surface area contributed by atoms with Crippen LogP contribution in [0.5, 0.6) is 0 Å². The number of rotatable bonds is 4. The molecular weight excluding hydrogens is 228 g/mol. The third-order valence-corrected chi connectivity index (χ3v) is 3.61. The van der Waals surface area contributed by atoms with Gasteiger partial charge in [-0.1, -0.05) is 13.3 Å². The number of unbranched alkanes of at least 4 members (excludes halogenated alkanes) is 1. The van der Waals surface area contributed by atoms with Gasteiger partial charge in [0.1, 0.15) is 5.54 Å². The number of piperidine rings is 1. The molecule has 1 heterocycles. The largest absolute Gasteiger partial charge is 0.464 e. The van der Waals surface area contributed by atoms with Crippen LogP contribution >= 0.6 is 0 Å². The third-order valence-electron chi connectivity index (χ3n) is 3.61. The zero-order chi connectivity index (χ0) is 13.8. The number of carbonyl (C=O) groups excluding carboxylic acids is 1. The zero-order valence-electron chi connectivity index (χ0n) is 12.3. The van der Waals surface area contributed by atoms with Gasteiger partial charge in [-0.2, -0.15) is 0 Å².